The zero-order valence-electron chi connectivity index (χ0n) is 26.3. The summed E-state index contributed by atoms with van der Waals surface area (Å²) in [5.74, 6) is -0.667. The summed E-state index contributed by atoms with van der Waals surface area (Å²) in [7, 11) is -4.01. The lowest BCUT2D eigenvalue weighted by Gasteiger charge is -2.34. The molecule has 3 aromatic rings. The maximum Gasteiger partial charge on any atom is 0.321 e. The van der Waals surface area contributed by atoms with Crippen molar-refractivity contribution in [2.24, 2.45) is 11.8 Å². The van der Waals surface area contributed by atoms with Crippen LogP contribution in [0.25, 0.3) is 0 Å². The SMILES string of the molecule is Cc1nc(CN2CCN(C(C(=O)N[C@@H](Cc3ccccc3)[C@H](O)CN(CC(C)C)S(=O)(=O)c3cnc(N)s3)C(C)C)C2=O)cs1. The zero-order valence-corrected chi connectivity index (χ0v) is 28.7. The molecular weight excluding hydrogens is 635 g/mol. The lowest BCUT2D eigenvalue weighted by Crippen LogP contribution is -2.57. The molecule has 0 spiro atoms. The van der Waals surface area contributed by atoms with Crippen molar-refractivity contribution >= 4 is 49.8 Å². The largest absolute Gasteiger partial charge is 0.390 e. The Morgan fingerprint density at radius 1 is 1.16 bits per heavy atom. The Morgan fingerprint density at radius 3 is 2.44 bits per heavy atom. The van der Waals surface area contributed by atoms with Crippen LogP contribution in [0, 0.1) is 18.8 Å². The van der Waals surface area contributed by atoms with Crippen molar-refractivity contribution in [3.05, 3.63) is 58.2 Å². The van der Waals surface area contributed by atoms with E-state index in [1.165, 1.54) is 21.8 Å². The summed E-state index contributed by atoms with van der Waals surface area (Å²) in [5, 5.41) is 17.6. The van der Waals surface area contributed by atoms with Crippen molar-refractivity contribution in [3.63, 3.8) is 0 Å². The van der Waals surface area contributed by atoms with Gasteiger partial charge in [-0.15, -0.1) is 11.3 Å². The van der Waals surface area contributed by atoms with E-state index in [-0.39, 0.29) is 46.7 Å². The number of urea groups is 1. The maximum atomic E-state index is 14.0. The Hall–Kier alpha value is -3.11. The van der Waals surface area contributed by atoms with E-state index in [2.05, 4.69) is 15.3 Å². The van der Waals surface area contributed by atoms with Crippen LogP contribution in [0.3, 0.4) is 0 Å². The van der Waals surface area contributed by atoms with Gasteiger partial charge in [0.25, 0.3) is 10.0 Å². The molecule has 0 aliphatic carbocycles. The van der Waals surface area contributed by atoms with Crippen LogP contribution < -0.4 is 11.1 Å². The summed E-state index contributed by atoms with van der Waals surface area (Å²) >= 11 is 2.39. The van der Waals surface area contributed by atoms with E-state index in [0.717, 1.165) is 27.6 Å². The summed E-state index contributed by atoms with van der Waals surface area (Å²) in [4.78, 5) is 39.1. The Balaban J connectivity index is 1.56. The van der Waals surface area contributed by atoms with Crippen LogP contribution in [0.2, 0.25) is 0 Å². The standard InChI is InChI=1S/C30H43N7O5S3/c1-19(2)15-36(45(41,42)26-14-32-29(31)44-26)17-25(38)24(13-22-9-7-6-8-10-22)34-28(39)27(20(3)4)37-12-11-35(30(37)40)16-23-18-43-21(5)33-23/h6-10,14,18-20,24-25,27,38H,11-13,15-17H2,1-5H3,(H2,31,32)(H,34,39)/t24-,25+,27?/m0/s1. The Labute approximate surface area is 273 Å². The molecule has 15 heteroatoms. The number of aliphatic hydroxyl groups is 1. The summed E-state index contributed by atoms with van der Waals surface area (Å²) in [6.45, 7) is 10.5. The molecule has 3 heterocycles. The average molecular weight is 678 g/mol. The number of hydrogen-bond acceptors (Lipinski definition) is 10. The first-order valence-corrected chi connectivity index (χ1v) is 18.1. The fraction of sp³-hybridized carbons (Fsp3) is 0.533. The van der Waals surface area contributed by atoms with Gasteiger partial charge in [-0.1, -0.05) is 69.4 Å². The van der Waals surface area contributed by atoms with Crippen LogP contribution in [-0.4, -0.2) is 93.9 Å². The lowest BCUT2D eigenvalue weighted by molar-refractivity contribution is -0.128. The van der Waals surface area contributed by atoms with Crippen molar-refractivity contribution < 1.29 is 23.1 Å². The van der Waals surface area contributed by atoms with Gasteiger partial charge in [-0.2, -0.15) is 4.31 Å². The average Bonchev–Trinajstić information content (AvgIpc) is 3.69. The number of nitrogens with two attached hydrogens (primary N) is 1. The number of amides is 3. The molecule has 1 aliphatic rings. The van der Waals surface area contributed by atoms with Crippen molar-refractivity contribution in [2.75, 3.05) is 31.9 Å². The Bertz CT molecular complexity index is 1540. The molecule has 4 rings (SSSR count). The van der Waals surface area contributed by atoms with E-state index in [0.29, 0.717) is 19.6 Å². The van der Waals surface area contributed by atoms with Gasteiger partial charge in [0.05, 0.1) is 35.6 Å². The molecule has 3 amide bonds. The predicted octanol–water partition coefficient (Wildman–Crippen LogP) is 3.19. The topological polar surface area (TPSA) is 162 Å². The predicted molar refractivity (Wildman–Crippen MR) is 176 cm³/mol. The minimum absolute atomic E-state index is 0.0127. The summed E-state index contributed by atoms with van der Waals surface area (Å²) in [6.07, 6.45) is 0.210. The third-order valence-electron chi connectivity index (χ3n) is 7.53. The van der Waals surface area contributed by atoms with Gasteiger partial charge in [0.1, 0.15) is 6.04 Å². The Morgan fingerprint density at radius 2 is 1.87 bits per heavy atom. The molecule has 1 fully saturated rings. The third kappa shape index (κ3) is 8.79. The second kappa shape index (κ2) is 15.0. The van der Waals surface area contributed by atoms with Gasteiger partial charge in [0.2, 0.25) is 5.91 Å². The zero-order chi connectivity index (χ0) is 32.9. The molecule has 45 heavy (non-hydrogen) atoms. The molecule has 4 N–H and O–H groups in total. The van der Waals surface area contributed by atoms with E-state index in [1.54, 1.807) is 9.80 Å². The number of nitrogens with zero attached hydrogens (tertiary/aromatic N) is 5. The highest BCUT2D eigenvalue weighted by molar-refractivity contribution is 7.91. The van der Waals surface area contributed by atoms with Crippen molar-refractivity contribution in [2.45, 2.75) is 70.0 Å². The molecule has 2 aromatic heterocycles. The van der Waals surface area contributed by atoms with E-state index < -0.39 is 34.1 Å². The number of rotatable bonds is 15. The van der Waals surface area contributed by atoms with Crippen LogP contribution in [0.4, 0.5) is 9.93 Å². The minimum atomic E-state index is -4.01. The number of anilines is 1. The second-order valence-corrected chi connectivity index (χ2v) is 16.3. The molecule has 1 saturated heterocycles. The highest BCUT2D eigenvalue weighted by atomic mass is 32.2. The molecule has 1 unspecified atom stereocenters. The number of hydrogen-bond donors (Lipinski definition) is 3. The fourth-order valence-corrected chi connectivity index (χ4v) is 8.74. The Kier molecular flexibility index (Phi) is 11.6. The molecule has 0 saturated carbocycles. The number of aryl methyl sites for hydroxylation is 1. The van der Waals surface area contributed by atoms with Gasteiger partial charge in [-0.05, 0) is 30.7 Å². The molecule has 12 nitrogen and oxygen atoms in total. The maximum absolute atomic E-state index is 14.0. The summed E-state index contributed by atoms with van der Waals surface area (Å²) in [5.41, 5.74) is 7.39. The summed E-state index contributed by atoms with van der Waals surface area (Å²) < 4.78 is 28.4. The van der Waals surface area contributed by atoms with Crippen LogP contribution >= 0.6 is 22.7 Å². The van der Waals surface area contributed by atoms with Gasteiger partial charge >= 0.3 is 6.03 Å². The molecule has 246 valence electrons. The van der Waals surface area contributed by atoms with Crippen LogP contribution in [0.5, 0.6) is 0 Å². The number of nitrogens with one attached hydrogen (secondary N) is 1. The van der Waals surface area contributed by atoms with Crippen molar-refractivity contribution in [1.82, 2.24) is 29.4 Å². The number of aliphatic hydroxyl groups excluding tert-OH is 1. The first-order valence-electron chi connectivity index (χ1n) is 15.0. The van der Waals surface area contributed by atoms with Crippen LogP contribution in [0.15, 0.2) is 46.1 Å². The van der Waals surface area contributed by atoms with E-state index in [1.807, 2.05) is 70.3 Å². The lowest BCUT2D eigenvalue weighted by atomic mass is 9.97. The van der Waals surface area contributed by atoms with Crippen molar-refractivity contribution in [1.29, 1.82) is 0 Å². The highest BCUT2D eigenvalue weighted by Crippen LogP contribution is 2.26. The molecule has 1 aromatic carbocycles. The minimum Gasteiger partial charge on any atom is -0.390 e. The molecular formula is C30H43N7O5S3. The van der Waals surface area contributed by atoms with Gasteiger partial charge in [-0.25, -0.2) is 23.2 Å². The number of aromatic nitrogens is 2. The van der Waals surface area contributed by atoms with E-state index in [9.17, 15) is 23.1 Å². The van der Waals surface area contributed by atoms with Gasteiger partial charge < -0.3 is 26.0 Å². The van der Waals surface area contributed by atoms with Gasteiger partial charge in [0.15, 0.2) is 9.34 Å². The fourth-order valence-electron chi connectivity index (χ4n) is 5.44. The number of thiazole rings is 2. The number of benzene rings is 1. The second-order valence-electron chi connectivity index (χ2n) is 12.0. The van der Waals surface area contributed by atoms with E-state index in [4.69, 9.17) is 5.73 Å². The molecule has 0 bridgehead atoms. The quantitative estimate of drug-likeness (QED) is 0.221. The summed E-state index contributed by atoms with van der Waals surface area (Å²) in [6, 6.07) is 7.49. The molecule has 1 aliphatic heterocycles. The van der Waals surface area contributed by atoms with E-state index >= 15 is 0 Å². The van der Waals surface area contributed by atoms with Crippen LogP contribution in [0.1, 0.15) is 44.0 Å². The molecule has 3 atom stereocenters. The number of sulfonamides is 1. The smallest absolute Gasteiger partial charge is 0.321 e. The normalized spacial score (nSPS) is 16.2. The number of nitrogen functional groups attached to an aromatic ring is 1. The first-order chi connectivity index (χ1) is 21.3. The van der Waals surface area contributed by atoms with Gasteiger partial charge in [0, 0.05) is 31.6 Å². The monoisotopic (exact) mass is 677 g/mol. The first kappa shape index (κ1) is 34.8. The number of carbonyl (C=O) groups excluding carboxylic acids is 2. The number of carbonyl (C=O) groups is 2. The van der Waals surface area contributed by atoms with Gasteiger partial charge in [-0.3, -0.25) is 4.79 Å². The molecule has 0 radical (unpaired) electrons. The third-order valence-corrected chi connectivity index (χ3v) is 11.4. The highest BCUT2D eigenvalue weighted by Gasteiger charge is 2.40. The van der Waals surface area contributed by atoms with Crippen molar-refractivity contribution in [3.8, 4) is 0 Å². The van der Waals surface area contributed by atoms with Crippen LogP contribution in [-0.2, 0) is 27.8 Å².